The third-order valence-corrected chi connectivity index (χ3v) is 2.31. The molecule has 0 aromatic heterocycles. The summed E-state index contributed by atoms with van der Waals surface area (Å²) < 4.78 is 40.9. The Morgan fingerprint density at radius 2 is 1.95 bits per heavy atom. The predicted molar refractivity (Wildman–Crippen MR) is 60.1 cm³/mol. The number of ketones is 1. The summed E-state index contributed by atoms with van der Waals surface area (Å²) in [4.78, 5) is 21.7. The first kappa shape index (κ1) is 16.0. The van der Waals surface area contributed by atoms with Gasteiger partial charge in [0.05, 0.1) is 0 Å². The number of carboxylic acid groups (broad SMARTS) is 1. The second-order valence-electron chi connectivity index (χ2n) is 4.00. The Bertz CT molecular complexity index is 524. The maximum Gasteiger partial charge on any atom is 0.573 e. The second-order valence-corrected chi connectivity index (χ2v) is 4.00. The molecule has 1 unspecified atom stereocenters. The normalized spacial score (nSPS) is 12.8. The van der Waals surface area contributed by atoms with Gasteiger partial charge in [0.15, 0.2) is 6.10 Å². The summed E-state index contributed by atoms with van der Waals surface area (Å²) in [5.41, 5.74) is -0.707. The Morgan fingerprint density at radius 3 is 2.40 bits per heavy atom. The molecule has 0 radical (unpaired) electrons. The molecule has 0 heterocycles. The molecule has 1 aromatic carbocycles. The highest BCUT2D eigenvalue weighted by Gasteiger charge is 2.35. The molecule has 0 aliphatic heterocycles. The number of hydrogen-bond acceptors (Lipinski definition) is 4. The van der Waals surface area contributed by atoms with Gasteiger partial charge in [0.2, 0.25) is 0 Å². The molecule has 20 heavy (non-hydrogen) atoms. The average Bonchev–Trinajstić information content (AvgIpc) is 2.27. The van der Waals surface area contributed by atoms with Crippen molar-refractivity contribution < 1.29 is 37.7 Å². The molecule has 0 spiro atoms. The highest BCUT2D eigenvalue weighted by Crippen LogP contribution is 2.34. The van der Waals surface area contributed by atoms with E-state index in [1.165, 1.54) is 12.1 Å². The topological polar surface area (TPSA) is 83.8 Å². The first-order chi connectivity index (χ1) is 9.11. The molecule has 1 rings (SSSR count). The zero-order chi connectivity index (χ0) is 15.5. The van der Waals surface area contributed by atoms with Crippen molar-refractivity contribution in [3.8, 4) is 5.75 Å². The summed E-state index contributed by atoms with van der Waals surface area (Å²) in [5, 5.41) is 18.1. The van der Waals surface area contributed by atoms with Crippen LogP contribution in [0.25, 0.3) is 0 Å². The minimum atomic E-state index is -5.07. The third-order valence-electron chi connectivity index (χ3n) is 2.31. The van der Waals surface area contributed by atoms with Crippen molar-refractivity contribution in [2.45, 2.75) is 25.8 Å². The molecule has 0 aliphatic rings. The fourth-order valence-electron chi connectivity index (χ4n) is 1.60. The van der Waals surface area contributed by atoms with Crippen molar-refractivity contribution in [1.29, 1.82) is 0 Å². The third kappa shape index (κ3) is 4.23. The number of benzene rings is 1. The van der Waals surface area contributed by atoms with Crippen LogP contribution in [0.4, 0.5) is 13.2 Å². The SMILES string of the molecule is CC(=O)Cc1cccc(C(O)C(=O)O)c1OC(F)(F)F. The Morgan fingerprint density at radius 1 is 1.35 bits per heavy atom. The van der Waals surface area contributed by atoms with Gasteiger partial charge < -0.3 is 14.9 Å². The van der Waals surface area contributed by atoms with E-state index >= 15 is 0 Å². The largest absolute Gasteiger partial charge is 0.573 e. The first-order valence-electron chi connectivity index (χ1n) is 5.39. The molecule has 0 fully saturated rings. The van der Waals surface area contributed by atoms with Crippen molar-refractivity contribution in [2.75, 3.05) is 0 Å². The summed E-state index contributed by atoms with van der Waals surface area (Å²) >= 11 is 0. The van der Waals surface area contributed by atoms with E-state index in [2.05, 4.69) is 4.74 Å². The van der Waals surface area contributed by atoms with Crippen LogP contribution >= 0.6 is 0 Å². The lowest BCUT2D eigenvalue weighted by atomic mass is 10.0. The number of alkyl halides is 3. The smallest absolute Gasteiger partial charge is 0.479 e. The molecule has 0 saturated carbocycles. The van der Waals surface area contributed by atoms with Crippen LogP contribution in [0.3, 0.4) is 0 Å². The Kier molecular flexibility index (Phi) is 4.72. The minimum absolute atomic E-state index is 0.146. The van der Waals surface area contributed by atoms with Crippen LogP contribution in [-0.2, 0) is 16.0 Å². The van der Waals surface area contributed by atoms with E-state index in [4.69, 9.17) is 5.11 Å². The number of ether oxygens (including phenoxy) is 1. The molecule has 1 atom stereocenters. The predicted octanol–water partition coefficient (Wildman–Crippen LogP) is 1.83. The number of para-hydroxylation sites is 1. The van der Waals surface area contributed by atoms with E-state index in [9.17, 15) is 27.9 Å². The molecule has 110 valence electrons. The summed E-state index contributed by atoms with van der Waals surface area (Å²) in [7, 11) is 0. The number of halogens is 3. The van der Waals surface area contributed by atoms with Crippen LogP contribution in [0.1, 0.15) is 24.2 Å². The molecule has 2 N–H and O–H groups in total. The molecule has 0 saturated heterocycles. The van der Waals surface area contributed by atoms with Gasteiger partial charge in [-0.1, -0.05) is 18.2 Å². The van der Waals surface area contributed by atoms with E-state index < -0.39 is 35.5 Å². The van der Waals surface area contributed by atoms with Crippen molar-refractivity contribution >= 4 is 11.8 Å². The lowest BCUT2D eigenvalue weighted by molar-refractivity contribution is -0.275. The monoisotopic (exact) mass is 292 g/mol. The lowest BCUT2D eigenvalue weighted by Gasteiger charge is -2.18. The Labute approximate surface area is 111 Å². The number of Topliss-reactive ketones (excluding diaryl/α,β-unsaturated/α-hetero) is 1. The van der Waals surface area contributed by atoms with Crippen LogP contribution in [0.5, 0.6) is 5.75 Å². The number of aliphatic carboxylic acids is 1. The highest BCUT2D eigenvalue weighted by atomic mass is 19.4. The number of aliphatic hydroxyl groups is 1. The molecule has 1 aromatic rings. The van der Waals surface area contributed by atoms with Crippen LogP contribution in [0.15, 0.2) is 18.2 Å². The Hall–Kier alpha value is -2.09. The minimum Gasteiger partial charge on any atom is -0.479 e. The van der Waals surface area contributed by atoms with Crippen LogP contribution in [0.2, 0.25) is 0 Å². The van der Waals surface area contributed by atoms with E-state index in [-0.39, 0.29) is 12.0 Å². The standard InChI is InChI=1S/C12H11F3O5/c1-6(16)5-7-3-2-4-8(9(17)11(18)19)10(7)20-12(13,14)15/h2-4,9,17H,5H2,1H3,(H,18,19). The number of hydrogen-bond donors (Lipinski definition) is 2. The van der Waals surface area contributed by atoms with Crippen LogP contribution in [-0.4, -0.2) is 28.3 Å². The summed E-state index contributed by atoms with van der Waals surface area (Å²) in [5.74, 6) is -3.01. The second kappa shape index (κ2) is 5.91. The zero-order valence-corrected chi connectivity index (χ0v) is 10.3. The van der Waals surface area contributed by atoms with Crippen LogP contribution in [0, 0.1) is 0 Å². The van der Waals surface area contributed by atoms with Gasteiger partial charge in [-0.15, -0.1) is 13.2 Å². The molecule has 0 amide bonds. The van der Waals surface area contributed by atoms with Crippen molar-refractivity contribution in [3.63, 3.8) is 0 Å². The van der Waals surface area contributed by atoms with Crippen LogP contribution < -0.4 is 4.74 Å². The lowest BCUT2D eigenvalue weighted by Crippen LogP contribution is -2.22. The van der Waals surface area contributed by atoms with Gasteiger partial charge in [0.25, 0.3) is 0 Å². The molecule has 0 aliphatic carbocycles. The van der Waals surface area contributed by atoms with Gasteiger partial charge in [0, 0.05) is 17.5 Å². The fraction of sp³-hybridized carbons (Fsp3) is 0.333. The molecular formula is C12H11F3O5. The van der Waals surface area contributed by atoms with E-state index in [0.717, 1.165) is 13.0 Å². The maximum absolute atomic E-state index is 12.4. The van der Waals surface area contributed by atoms with E-state index in [0.29, 0.717) is 0 Å². The first-order valence-corrected chi connectivity index (χ1v) is 5.39. The van der Waals surface area contributed by atoms with Gasteiger partial charge in [-0.3, -0.25) is 4.79 Å². The van der Waals surface area contributed by atoms with Crippen molar-refractivity contribution in [2.24, 2.45) is 0 Å². The van der Waals surface area contributed by atoms with Gasteiger partial charge >= 0.3 is 12.3 Å². The quantitative estimate of drug-likeness (QED) is 0.865. The van der Waals surface area contributed by atoms with E-state index in [1.54, 1.807) is 0 Å². The molecule has 5 nitrogen and oxygen atoms in total. The fourth-order valence-corrected chi connectivity index (χ4v) is 1.60. The summed E-state index contributed by atoms with van der Waals surface area (Å²) in [6, 6.07) is 3.42. The average molecular weight is 292 g/mol. The number of carbonyl (C=O) groups is 2. The zero-order valence-electron chi connectivity index (χ0n) is 10.3. The summed E-state index contributed by atoms with van der Waals surface area (Å²) in [6.07, 6.45) is -7.62. The maximum atomic E-state index is 12.4. The molecule has 8 heteroatoms. The van der Waals surface area contributed by atoms with Crippen molar-refractivity contribution in [1.82, 2.24) is 0 Å². The molecule has 0 bridgehead atoms. The summed E-state index contributed by atoms with van der Waals surface area (Å²) in [6.45, 7) is 1.16. The van der Waals surface area contributed by atoms with Gasteiger partial charge in [0.1, 0.15) is 11.5 Å². The van der Waals surface area contributed by atoms with Gasteiger partial charge in [-0.2, -0.15) is 0 Å². The number of carboxylic acids is 1. The van der Waals surface area contributed by atoms with E-state index in [1.807, 2.05) is 0 Å². The molecular weight excluding hydrogens is 281 g/mol. The van der Waals surface area contributed by atoms with Gasteiger partial charge in [-0.05, 0) is 6.92 Å². The highest BCUT2D eigenvalue weighted by molar-refractivity contribution is 5.80. The van der Waals surface area contributed by atoms with Gasteiger partial charge in [-0.25, -0.2) is 4.79 Å². The number of aliphatic hydroxyl groups excluding tert-OH is 1. The van der Waals surface area contributed by atoms with Crippen molar-refractivity contribution in [3.05, 3.63) is 29.3 Å². The number of carbonyl (C=O) groups excluding carboxylic acids is 1. The number of rotatable bonds is 5. The Balaban J connectivity index is 3.35.